The molecule has 5 atom stereocenters. The van der Waals surface area contributed by atoms with Gasteiger partial charge < -0.3 is 9.59 Å². The van der Waals surface area contributed by atoms with E-state index in [2.05, 4.69) is 54.0 Å². The van der Waals surface area contributed by atoms with Crippen LogP contribution in [0.5, 0.6) is 0 Å². The lowest BCUT2D eigenvalue weighted by Gasteiger charge is -2.58. The molecule has 0 saturated carbocycles. The maximum absolute atomic E-state index is 11.7. The Morgan fingerprint density at radius 2 is 1.90 bits per heavy atom. The first-order valence-electron chi connectivity index (χ1n) is 10.7. The van der Waals surface area contributed by atoms with Gasteiger partial charge in [0.2, 0.25) is 0 Å². The predicted molar refractivity (Wildman–Crippen MR) is 117 cm³/mol. The van der Waals surface area contributed by atoms with Gasteiger partial charge in [-0.05, 0) is 23.6 Å². The van der Waals surface area contributed by atoms with Crippen molar-refractivity contribution < 1.29 is 9.59 Å². The summed E-state index contributed by atoms with van der Waals surface area (Å²) < 4.78 is 0.953. The molecular formula is C26H29N2O+. The summed E-state index contributed by atoms with van der Waals surface area (Å²) in [7, 11) is 0. The molecule has 3 saturated heterocycles. The van der Waals surface area contributed by atoms with Crippen LogP contribution in [0, 0.1) is 11.8 Å². The van der Waals surface area contributed by atoms with Crippen LogP contribution in [-0.2, 0) is 6.54 Å². The first-order valence-corrected chi connectivity index (χ1v) is 10.7. The van der Waals surface area contributed by atoms with Gasteiger partial charge in [0.05, 0.1) is 18.6 Å². The highest BCUT2D eigenvalue weighted by molar-refractivity contribution is 5.82. The summed E-state index contributed by atoms with van der Waals surface area (Å²) in [6.07, 6.45) is 5.79. The van der Waals surface area contributed by atoms with Crippen LogP contribution in [0.4, 0.5) is 0 Å². The third-order valence-corrected chi connectivity index (χ3v) is 7.38. The Hall–Kier alpha value is -2.49. The minimum atomic E-state index is -0.486. The van der Waals surface area contributed by atoms with Crippen LogP contribution >= 0.6 is 0 Å². The molecule has 3 fully saturated rings. The average molecular weight is 386 g/mol. The quantitative estimate of drug-likeness (QED) is 0.502. The smallest absolute Gasteiger partial charge is 0.131 e. The molecule has 6 rings (SSSR count). The van der Waals surface area contributed by atoms with Crippen LogP contribution in [0.3, 0.4) is 0 Å². The highest BCUT2D eigenvalue weighted by atomic mass is 16.3. The predicted octanol–water partition coefficient (Wildman–Crippen LogP) is 4.88. The van der Waals surface area contributed by atoms with E-state index in [4.69, 9.17) is 0 Å². The largest absolute Gasteiger partial charge is 0.382 e. The van der Waals surface area contributed by atoms with E-state index in [9.17, 15) is 5.11 Å². The topological polar surface area (TPSA) is 33.1 Å². The van der Waals surface area contributed by atoms with E-state index in [-0.39, 0.29) is 6.04 Å². The average Bonchev–Trinajstić information content (AvgIpc) is 2.78. The van der Waals surface area contributed by atoms with Crippen molar-refractivity contribution in [2.45, 2.75) is 31.5 Å². The zero-order chi connectivity index (χ0) is 19.8. The van der Waals surface area contributed by atoms with Crippen LogP contribution in [0.15, 0.2) is 79.5 Å². The summed E-state index contributed by atoms with van der Waals surface area (Å²) >= 11 is 0. The number of hydrogen-bond acceptors (Lipinski definition) is 2. The highest BCUT2D eigenvalue weighted by Gasteiger charge is 2.53. The molecule has 2 bridgehead atoms. The first kappa shape index (κ1) is 18.5. The number of para-hydroxylation sites is 1. The molecule has 0 spiro atoms. The lowest BCUT2D eigenvalue weighted by Crippen LogP contribution is -2.67. The zero-order valence-electron chi connectivity index (χ0n) is 16.8. The summed E-state index contributed by atoms with van der Waals surface area (Å²) in [5.41, 5.74) is 3.33. The minimum Gasteiger partial charge on any atom is -0.382 e. The molecule has 0 radical (unpaired) electrons. The molecule has 0 amide bonds. The summed E-state index contributed by atoms with van der Waals surface area (Å²) in [4.78, 5) is 4.50. The van der Waals surface area contributed by atoms with E-state index in [0.717, 1.165) is 47.0 Å². The number of pyridine rings is 1. The van der Waals surface area contributed by atoms with Crippen molar-refractivity contribution in [3.63, 3.8) is 0 Å². The van der Waals surface area contributed by atoms with Crippen molar-refractivity contribution in [1.29, 1.82) is 0 Å². The van der Waals surface area contributed by atoms with Crippen LogP contribution in [-0.4, -0.2) is 33.7 Å². The van der Waals surface area contributed by atoms with Crippen LogP contribution < -0.4 is 0 Å². The van der Waals surface area contributed by atoms with E-state index in [1.165, 1.54) is 12.0 Å². The number of hydrogen-bond donors (Lipinski definition) is 1. The van der Waals surface area contributed by atoms with Crippen molar-refractivity contribution >= 4 is 10.9 Å². The van der Waals surface area contributed by atoms with Crippen molar-refractivity contribution in [2.75, 3.05) is 13.1 Å². The molecule has 0 unspecified atom stereocenters. The summed E-state index contributed by atoms with van der Waals surface area (Å²) in [6.45, 7) is 7.32. The number of piperidine rings is 3. The van der Waals surface area contributed by atoms with E-state index in [1.54, 1.807) is 0 Å². The Morgan fingerprint density at radius 3 is 2.72 bits per heavy atom. The fraction of sp³-hybridized carbons (Fsp3) is 0.346. The van der Waals surface area contributed by atoms with E-state index >= 15 is 0 Å². The summed E-state index contributed by atoms with van der Waals surface area (Å²) in [5.74, 6) is 1.18. The Bertz CT molecular complexity index is 1010. The molecule has 29 heavy (non-hydrogen) atoms. The van der Waals surface area contributed by atoms with Gasteiger partial charge in [-0.25, -0.2) is 0 Å². The number of aliphatic hydroxyl groups excluding tert-OH is 1. The lowest BCUT2D eigenvalue weighted by atomic mass is 9.71. The minimum absolute atomic E-state index is 0.205. The second-order valence-electron chi connectivity index (χ2n) is 8.88. The molecule has 1 N–H and O–H groups in total. The van der Waals surface area contributed by atoms with Gasteiger partial charge >= 0.3 is 0 Å². The molecule has 3 aromatic rings. The second kappa shape index (κ2) is 7.40. The van der Waals surface area contributed by atoms with Gasteiger partial charge in [0, 0.05) is 35.9 Å². The maximum atomic E-state index is 11.7. The van der Waals surface area contributed by atoms with E-state index < -0.39 is 6.10 Å². The van der Waals surface area contributed by atoms with Crippen LogP contribution in [0.2, 0.25) is 0 Å². The van der Waals surface area contributed by atoms with Gasteiger partial charge in [-0.3, -0.25) is 4.98 Å². The van der Waals surface area contributed by atoms with Gasteiger partial charge in [-0.15, -0.1) is 6.58 Å². The van der Waals surface area contributed by atoms with Gasteiger partial charge in [-0.1, -0.05) is 54.6 Å². The SMILES string of the molecule is C=C[C@H]1C[N@@+]2(Cc3ccccc3)CC[C@H]1C[C@H]2[C@H](O)c1ccnc2ccccc12. The standard InChI is InChI=1S/C26H29N2O/c1-2-20-18-28(17-19-8-4-3-5-9-19)15-13-21(20)16-25(28)26(29)23-12-14-27-24-11-7-6-10-22(23)24/h2-12,14,20-21,25-26,29H,1,13,15-18H2/q+1/t20-,21-,25-,26+,28-/m0/s1. The van der Waals surface area contributed by atoms with Crippen molar-refractivity contribution in [1.82, 2.24) is 4.98 Å². The Kier molecular flexibility index (Phi) is 4.73. The molecule has 2 aromatic carbocycles. The molecule has 3 nitrogen and oxygen atoms in total. The van der Waals surface area contributed by atoms with Crippen molar-refractivity contribution in [3.8, 4) is 0 Å². The molecule has 1 aromatic heterocycles. The number of aromatic nitrogens is 1. The maximum Gasteiger partial charge on any atom is 0.131 e. The Morgan fingerprint density at radius 1 is 1.10 bits per heavy atom. The molecular weight excluding hydrogens is 356 g/mol. The number of quaternary nitrogens is 1. The Labute approximate surface area is 172 Å². The first-order chi connectivity index (χ1) is 14.2. The van der Waals surface area contributed by atoms with Gasteiger partial charge in [0.1, 0.15) is 18.7 Å². The number of rotatable bonds is 5. The lowest BCUT2D eigenvalue weighted by molar-refractivity contribution is -0.984. The molecule has 0 aliphatic carbocycles. The van der Waals surface area contributed by atoms with Crippen LogP contribution in [0.25, 0.3) is 10.9 Å². The number of benzene rings is 2. The summed E-state index contributed by atoms with van der Waals surface area (Å²) in [5, 5.41) is 12.8. The zero-order valence-corrected chi connectivity index (χ0v) is 16.8. The third-order valence-electron chi connectivity index (χ3n) is 7.38. The molecule has 3 aliphatic rings. The van der Waals surface area contributed by atoms with Gasteiger partial charge in [-0.2, -0.15) is 0 Å². The molecule has 4 heterocycles. The third kappa shape index (κ3) is 3.19. The van der Waals surface area contributed by atoms with E-state index in [1.807, 2.05) is 30.5 Å². The van der Waals surface area contributed by atoms with Crippen molar-refractivity contribution in [2.24, 2.45) is 11.8 Å². The highest BCUT2D eigenvalue weighted by Crippen LogP contribution is 2.47. The van der Waals surface area contributed by atoms with Crippen molar-refractivity contribution in [3.05, 3.63) is 90.6 Å². The molecule has 3 aliphatic heterocycles. The molecule has 148 valence electrons. The number of nitrogens with zero attached hydrogens (tertiary/aromatic N) is 2. The monoisotopic (exact) mass is 385 g/mol. The second-order valence-corrected chi connectivity index (χ2v) is 8.88. The van der Waals surface area contributed by atoms with E-state index in [0.29, 0.717) is 11.8 Å². The van der Waals surface area contributed by atoms with Gasteiger partial charge in [0.25, 0.3) is 0 Å². The van der Waals surface area contributed by atoms with Gasteiger partial charge in [0.15, 0.2) is 0 Å². The normalized spacial score (nSPS) is 29.6. The van der Waals surface area contributed by atoms with Crippen LogP contribution in [0.1, 0.15) is 30.1 Å². The Balaban J connectivity index is 1.56. The fourth-order valence-electron chi connectivity index (χ4n) is 5.91. The number of aliphatic hydroxyl groups is 1. The fourth-order valence-corrected chi connectivity index (χ4v) is 5.91. The number of fused-ring (bicyclic) bond motifs is 4. The summed E-state index contributed by atoms with van der Waals surface area (Å²) in [6, 6.07) is 21.2. The molecule has 3 heteroatoms.